The van der Waals surface area contributed by atoms with Crippen LogP contribution in [0.2, 0.25) is 0 Å². The zero-order valence-corrected chi connectivity index (χ0v) is 7.23. The molecule has 64 valence electrons. The molecular formula is C9H17NO. The van der Waals surface area contributed by atoms with Gasteiger partial charge in [-0.25, -0.2) is 0 Å². The summed E-state index contributed by atoms with van der Waals surface area (Å²) in [5.74, 6) is 0.793. The predicted octanol–water partition coefficient (Wildman–Crippen LogP) is 1.02. The van der Waals surface area contributed by atoms with E-state index >= 15 is 0 Å². The summed E-state index contributed by atoms with van der Waals surface area (Å²) < 4.78 is 5.22. The van der Waals surface area contributed by atoms with Crippen LogP contribution in [-0.2, 0) is 4.74 Å². The van der Waals surface area contributed by atoms with Gasteiger partial charge < -0.3 is 10.1 Å². The summed E-state index contributed by atoms with van der Waals surface area (Å²) in [5.41, 5.74) is 0.649. The van der Waals surface area contributed by atoms with Crippen molar-refractivity contribution in [1.29, 1.82) is 0 Å². The molecule has 1 heterocycles. The van der Waals surface area contributed by atoms with E-state index in [0.717, 1.165) is 12.5 Å². The molecule has 0 unspecified atom stereocenters. The van der Waals surface area contributed by atoms with Crippen LogP contribution >= 0.6 is 0 Å². The number of rotatable bonds is 2. The standard InChI is InChI=1S/C9H17NO/c1-11-6-8-5-10-7-9(8)3-2-4-9/h8,10H,2-7H2,1H3/t8-/m0/s1. The zero-order valence-electron chi connectivity index (χ0n) is 7.23. The summed E-state index contributed by atoms with van der Waals surface area (Å²) in [6.45, 7) is 3.36. The molecule has 0 aromatic rings. The highest BCUT2D eigenvalue weighted by Crippen LogP contribution is 2.48. The van der Waals surface area contributed by atoms with Crippen LogP contribution in [0, 0.1) is 11.3 Å². The second-order valence-electron chi connectivity index (χ2n) is 4.00. The maximum atomic E-state index is 5.22. The van der Waals surface area contributed by atoms with Gasteiger partial charge in [0.05, 0.1) is 6.61 Å². The smallest absolute Gasteiger partial charge is 0.0508 e. The molecule has 0 radical (unpaired) electrons. The minimum absolute atomic E-state index is 0.649. The molecular weight excluding hydrogens is 138 g/mol. The van der Waals surface area contributed by atoms with Gasteiger partial charge in [0.25, 0.3) is 0 Å². The van der Waals surface area contributed by atoms with Crippen molar-refractivity contribution in [3.63, 3.8) is 0 Å². The number of nitrogens with one attached hydrogen (secondary N) is 1. The molecule has 0 aromatic carbocycles. The average Bonchev–Trinajstić information content (AvgIpc) is 2.31. The first-order chi connectivity index (χ1) is 5.37. The maximum absolute atomic E-state index is 5.22. The Morgan fingerprint density at radius 3 is 2.91 bits per heavy atom. The molecule has 1 N–H and O–H groups in total. The lowest BCUT2D eigenvalue weighted by atomic mass is 9.63. The van der Waals surface area contributed by atoms with Crippen LogP contribution < -0.4 is 5.32 Å². The van der Waals surface area contributed by atoms with Crippen molar-refractivity contribution in [2.24, 2.45) is 11.3 Å². The van der Waals surface area contributed by atoms with E-state index in [0.29, 0.717) is 5.41 Å². The topological polar surface area (TPSA) is 21.3 Å². The highest BCUT2D eigenvalue weighted by atomic mass is 16.5. The highest BCUT2D eigenvalue weighted by Gasteiger charge is 2.46. The summed E-state index contributed by atoms with van der Waals surface area (Å²) in [4.78, 5) is 0. The molecule has 1 saturated heterocycles. The fraction of sp³-hybridized carbons (Fsp3) is 1.00. The SMILES string of the molecule is COC[C@@H]1CNCC12CCC2. The maximum Gasteiger partial charge on any atom is 0.0508 e. The molecule has 2 heteroatoms. The van der Waals surface area contributed by atoms with Crippen molar-refractivity contribution in [3.8, 4) is 0 Å². The van der Waals surface area contributed by atoms with E-state index in [1.165, 1.54) is 32.4 Å². The molecule has 1 saturated carbocycles. The Bertz CT molecular complexity index is 142. The Hall–Kier alpha value is -0.0800. The number of hydrogen-bond acceptors (Lipinski definition) is 2. The molecule has 1 aliphatic carbocycles. The van der Waals surface area contributed by atoms with Gasteiger partial charge in [0.2, 0.25) is 0 Å². The van der Waals surface area contributed by atoms with Crippen molar-refractivity contribution in [1.82, 2.24) is 5.32 Å². The molecule has 1 aliphatic heterocycles. The molecule has 11 heavy (non-hydrogen) atoms. The van der Waals surface area contributed by atoms with E-state index < -0.39 is 0 Å². The third kappa shape index (κ3) is 1.09. The van der Waals surface area contributed by atoms with Gasteiger partial charge in [0.15, 0.2) is 0 Å². The molecule has 2 rings (SSSR count). The van der Waals surface area contributed by atoms with Gasteiger partial charge in [0, 0.05) is 26.1 Å². The first-order valence-electron chi connectivity index (χ1n) is 4.57. The van der Waals surface area contributed by atoms with Crippen molar-refractivity contribution < 1.29 is 4.74 Å². The van der Waals surface area contributed by atoms with Gasteiger partial charge in [-0.3, -0.25) is 0 Å². The van der Waals surface area contributed by atoms with E-state index in [-0.39, 0.29) is 0 Å². The van der Waals surface area contributed by atoms with Gasteiger partial charge in [-0.2, -0.15) is 0 Å². The van der Waals surface area contributed by atoms with Crippen LogP contribution in [-0.4, -0.2) is 26.8 Å². The van der Waals surface area contributed by atoms with E-state index in [9.17, 15) is 0 Å². The van der Waals surface area contributed by atoms with Crippen LogP contribution in [0.3, 0.4) is 0 Å². The molecule has 2 nitrogen and oxygen atoms in total. The van der Waals surface area contributed by atoms with E-state index in [2.05, 4.69) is 5.32 Å². The van der Waals surface area contributed by atoms with Gasteiger partial charge in [-0.05, 0) is 18.3 Å². The van der Waals surface area contributed by atoms with Crippen LogP contribution in [0.1, 0.15) is 19.3 Å². The summed E-state index contributed by atoms with van der Waals surface area (Å²) in [6.07, 6.45) is 4.28. The second kappa shape index (κ2) is 2.76. The normalized spacial score (nSPS) is 34.1. The molecule has 0 bridgehead atoms. The lowest BCUT2D eigenvalue weighted by Crippen LogP contribution is -2.38. The van der Waals surface area contributed by atoms with Gasteiger partial charge in [-0.1, -0.05) is 6.42 Å². The largest absolute Gasteiger partial charge is 0.384 e. The van der Waals surface area contributed by atoms with Crippen molar-refractivity contribution in [3.05, 3.63) is 0 Å². The summed E-state index contributed by atoms with van der Waals surface area (Å²) in [7, 11) is 1.81. The van der Waals surface area contributed by atoms with Crippen LogP contribution in [0.25, 0.3) is 0 Å². The lowest BCUT2D eigenvalue weighted by Gasteiger charge is -2.42. The lowest BCUT2D eigenvalue weighted by molar-refractivity contribution is 0.0381. The van der Waals surface area contributed by atoms with Gasteiger partial charge >= 0.3 is 0 Å². The zero-order chi connectivity index (χ0) is 7.73. The molecule has 0 aromatic heterocycles. The van der Waals surface area contributed by atoms with Gasteiger partial charge in [0.1, 0.15) is 0 Å². The quantitative estimate of drug-likeness (QED) is 0.643. The van der Waals surface area contributed by atoms with Crippen LogP contribution in [0.15, 0.2) is 0 Å². The minimum atomic E-state index is 0.649. The van der Waals surface area contributed by atoms with Crippen LogP contribution in [0.4, 0.5) is 0 Å². The summed E-state index contributed by atoms with van der Waals surface area (Å²) >= 11 is 0. The summed E-state index contributed by atoms with van der Waals surface area (Å²) in [5, 5.41) is 3.47. The number of ether oxygens (including phenoxy) is 1. The van der Waals surface area contributed by atoms with Crippen molar-refractivity contribution in [2.75, 3.05) is 26.8 Å². The molecule has 1 atom stereocenters. The van der Waals surface area contributed by atoms with E-state index in [4.69, 9.17) is 4.74 Å². The Morgan fingerprint density at radius 2 is 2.36 bits per heavy atom. The highest BCUT2D eigenvalue weighted by molar-refractivity contribution is 4.99. The Kier molecular flexibility index (Phi) is 1.90. The van der Waals surface area contributed by atoms with Gasteiger partial charge in [-0.15, -0.1) is 0 Å². The Balaban J connectivity index is 1.96. The number of hydrogen-bond donors (Lipinski definition) is 1. The Morgan fingerprint density at radius 1 is 1.55 bits per heavy atom. The first kappa shape index (κ1) is 7.56. The first-order valence-corrected chi connectivity index (χ1v) is 4.57. The van der Waals surface area contributed by atoms with E-state index in [1.54, 1.807) is 0 Å². The summed E-state index contributed by atoms with van der Waals surface area (Å²) in [6, 6.07) is 0. The van der Waals surface area contributed by atoms with E-state index in [1.807, 2.05) is 7.11 Å². The minimum Gasteiger partial charge on any atom is -0.384 e. The van der Waals surface area contributed by atoms with Crippen LogP contribution in [0.5, 0.6) is 0 Å². The van der Waals surface area contributed by atoms with Crippen molar-refractivity contribution >= 4 is 0 Å². The monoisotopic (exact) mass is 155 g/mol. The fourth-order valence-electron chi connectivity index (χ4n) is 2.51. The Labute approximate surface area is 68.3 Å². The number of methoxy groups -OCH3 is 1. The third-order valence-corrected chi connectivity index (χ3v) is 3.45. The predicted molar refractivity (Wildman–Crippen MR) is 44.5 cm³/mol. The fourth-order valence-corrected chi connectivity index (χ4v) is 2.51. The second-order valence-corrected chi connectivity index (χ2v) is 4.00. The van der Waals surface area contributed by atoms with Crippen molar-refractivity contribution in [2.45, 2.75) is 19.3 Å². The molecule has 2 fully saturated rings. The molecule has 1 spiro atoms. The average molecular weight is 155 g/mol. The molecule has 0 amide bonds. The molecule has 2 aliphatic rings. The third-order valence-electron chi connectivity index (χ3n) is 3.45.